The maximum atomic E-state index is 12.1. The third kappa shape index (κ3) is 4.28. The molecule has 22 heavy (non-hydrogen) atoms. The second kappa shape index (κ2) is 7.90. The Morgan fingerprint density at radius 1 is 1.45 bits per heavy atom. The molecule has 1 saturated heterocycles. The fourth-order valence-corrected chi connectivity index (χ4v) is 2.39. The van der Waals surface area contributed by atoms with Crippen LogP contribution in [0, 0.1) is 0 Å². The lowest BCUT2D eigenvalue weighted by molar-refractivity contribution is -0.124. The van der Waals surface area contributed by atoms with Gasteiger partial charge in [0.2, 0.25) is 5.91 Å². The molecule has 0 spiro atoms. The molecule has 122 valence electrons. The highest BCUT2D eigenvalue weighted by Crippen LogP contribution is 2.09. The van der Waals surface area contributed by atoms with Crippen molar-refractivity contribution in [3.8, 4) is 0 Å². The average Bonchev–Trinajstić information content (AvgIpc) is 3.01. The van der Waals surface area contributed by atoms with Crippen molar-refractivity contribution in [2.75, 3.05) is 39.4 Å². The standard InChI is InChI=1S/C14H22N4O4/c1-11(18-12(14(20)21)3-5-16-18)13(19)15-4-2-6-17-7-9-22-10-8-17/h3,5,11H,2,4,6-10H2,1H3,(H,15,19)(H,20,21). The number of hydrogen-bond donors (Lipinski definition) is 2. The lowest BCUT2D eigenvalue weighted by atomic mass is 10.3. The molecule has 1 atom stereocenters. The second-order valence-corrected chi connectivity index (χ2v) is 5.24. The molecule has 1 aromatic rings. The average molecular weight is 310 g/mol. The first-order valence-corrected chi connectivity index (χ1v) is 7.44. The van der Waals surface area contributed by atoms with Crippen molar-refractivity contribution >= 4 is 11.9 Å². The summed E-state index contributed by atoms with van der Waals surface area (Å²) in [6.07, 6.45) is 2.23. The lowest BCUT2D eigenvalue weighted by Gasteiger charge is -2.26. The van der Waals surface area contributed by atoms with E-state index in [2.05, 4.69) is 15.3 Å². The molecule has 2 rings (SSSR count). The summed E-state index contributed by atoms with van der Waals surface area (Å²) in [6.45, 7) is 6.50. The highest BCUT2D eigenvalue weighted by molar-refractivity contribution is 5.87. The van der Waals surface area contributed by atoms with E-state index in [9.17, 15) is 9.59 Å². The van der Waals surface area contributed by atoms with Crippen LogP contribution in [0.25, 0.3) is 0 Å². The van der Waals surface area contributed by atoms with Crippen molar-refractivity contribution in [1.29, 1.82) is 0 Å². The molecule has 0 aromatic carbocycles. The topological polar surface area (TPSA) is 96.7 Å². The quantitative estimate of drug-likeness (QED) is 0.687. The molecule has 0 aliphatic carbocycles. The summed E-state index contributed by atoms with van der Waals surface area (Å²) in [4.78, 5) is 25.4. The van der Waals surface area contributed by atoms with E-state index in [-0.39, 0.29) is 11.6 Å². The van der Waals surface area contributed by atoms with E-state index in [4.69, 9.17) is 9.84 Å². The van der Waals surface area contributed by atoms with Gasteiger partial charge in [0, 0.05) is 25.8 Å². The molecule has 1 unspecified atom stereocenters. The first-order valence-electron chi connectivity index (χ1n) is 7.44. The van der Waals surface area contributed by atoms with E-state index in [0.29, 0.717) is 6.54 Å². The zero-order valence-electron chi connectivity index (χ0n) is 12.7. The SMILES string of the molecule is CC(C(=O)NCCCN1CCOCC1)n1nccc1C(=O)O. The number of carboxylic acid groups (broad SMARTS) is 1. The van der Waals surface area contributed by atoms with Crippen LogP contribution in [-0.4, -0.2) is 71.1 Å². The molecule has 8 nitrogen and oxygen atoms in total. The summed E-state index contributed by atoms with van der Waals surface area (Å²) in [5, 5.41) is 15.8. The molecular formula is C14H22N4O4. The number of carbonyl (C=O) groups is 2. The van der Waals surface area contributed by atoms with Crippen molar-refractivity contribution < 1.29 is 19.4 Å². The number of nitrogens with one attached hydrogen (secondary N) is 1. The van der Waals surface area contributed by atoms with Crippen LogP contribution in [0.5, 0.6) is 0 Å². The van der Waals surface area contributed by atoms with Crippen LogP contribution in [-0.2, 0) is 9.53 Å². The third-order valence-corrected chi connectivity index (χ3v) is 3.69. The molecule has 1 aliphatic heterocycles. The lowest BCUT2D eigenvalue weighted by Crippen LogP contribution is -2.39. The molecule has 0 saturated carbocycles. The summed E-state index contributed by atoms with van der Waals surface area (Å²) in [6, 6.07) is 0.731. The molecule has 8 heteroatoms. The second-order valence-electron chi connectivity index (χ2n) is 5.24. The third-order valence-electron chi connectivity index (χ3n) is 3.69. The molecule has 1 fully saturated rings. The number of morpholine rings is 1. The smallest absolute Gasteiger partial charge is 0.354 e. The van der Waals surface area contributed by atoms with Gasteiger partial charge in [-0.1, -0.05) is 0 Å². The minimum absolute atomic E-state index is 0.0102. The fourth-order valence-electron chi connectivity index (χ4n) is 2.39. The van der Waals surface area contributed by atoms with Gasteiger partial charge in [-0.15, -0.1) is 0 Å². The van der Waals surface area contributed by atoms with Gasteiger partial charge < -0.3 is 15.2 Å². The zero-order chi connectivity index (χ0) is 15.9. The van der Waals surface area contributed by atoms with E-state index >= 15 is 0 Å². The van der Waals surface area contributed by atoms with Crippen LogP contribution in [0.15, 0.2) is 12.3 Å². The number of hydrogen-bond acceptors (Lipinski definition) is 5. The monoisotopic (exact) mass is 310 g/mol. The summed E-state index contributed by atoms with van der Waals surface area (Å²) in [5.74, 6) is -1.32. The Bertz CT molecular complexity index is 511. The fraction of sp³-hybridized carbons (Fsp3) is 0.643. The number of aromatic nitrogens is 2. The van der Waals surface area contributed by atoms with Crippen LogP contribution in [0.3, 0.4) is 0 Å². The highest BCUT2D eigenvalue weighted by Gasteiger charge is 2.21. The van der Waals surface area contributed by atoms with Gasteiger partial charge in [0.1, 0.15) is 11.7 Å². The zero-order valence-corrected chi connectivity index (χ0v) is 12.7. The van der Waals surface area contributed by atoms with Crippen LogP contribution < -0.4 is 5.32 Å². The van der Waals surface area contributed by atoms with E-state index in [1.54, 1.807) is 6.92 Å². The van der Waals surface area contributed by atoms with E-state index in [0.717, 1.165) is 39.3 Å². The Morgan fingerprint density at radius 3 is 2.86 bits per heavy atom. The van der Waals surface area contributed by atoms with Gasteiger partial charge in [-0.2, -0.15) is 5.10 Å². The van der Waals surface area contributed by atoms with Crippen LogP contribution in [0.2, 0.25) is 0 Å². The molecule has 1 aromatic heterocycles. The van der Waals surface area contributed by atoms with Crippen molar-refractivity contribution in [3.63, 3.8) is 0 Å². The number of carboxylic acids is 1. The predicted octanol–water partition coefficient (Wildman–Crippen LogP) is -0.0192. The number of rotatable bonds is 7. The van der Waals surface area contributed by atoms with Gasteiger partial charge in [-0.05, 0) is 26.0 Å². The normalized spacial score (nSPS) is 17.1. The molecular weight excluding hydrogens is 288 g/mol. The van der Waals surface area contributed by atoms with E-state index < -0.39 is 12.0 Å². The number of nitrogens with zero attached hydrogens (tertiary/aromatic N) is 3. The minimum Gasteiger partial charge on any atom is -0.477 e. The van der Waals surface area contributed by atoms with Gasteiger partial charge in [-0.3, -0.25) is 9.69 Å². The van der Waals surface area contributed by atoms with E-state index in [1.807, 2.05) is 0 Å². The van der Waals surface area contributed by atoms with Crippen LogP contribution >= 0.6 is 0 Å². The Balaban J connectivity index is 1.74. The van der Waals surface area contributed by atoms with Gasteiger partial charge in [-0.25, -0.2) is 9.48 Å². The molecule has 0 radical (unpaired) electrons. The summed E-state index contributed by atoms with van der Waals surface area (Å²) < 4.78 is 6.50. The van der Waals surface area contributed by atoms with Crippen molar-refractivity contribution in [3.05, 3.63) is 18.0 Å². The Hall–Kier alpha value is -1.93. The first kappa shape index (κ1) is 16.4. The number of ether oxygens (including phenoxy) is 1. The molecule has 2 heterocycles. The minimum atomic E-state index is -1.09. The Morgan fingerprint density at radius 2 is 2.18 bits per heavy atom. The van der Waals surface area contributed by atoms with Crippen molar-refractivity contribution in [1.82, 2.24) is 20.0 Å². The number of aromatic carboxylic acids is 1. The number of carbonyl (C=O) groups excluding carboxylic acids is 1. The Kier molecular flexibility index (Phi) is 5.91. The Labute approximate surface area is 129 Å². The summed E-state index contributed by atoms with van der Waals surface area (Å²) in [5.41, 5.74) is 0.0102. The molecule has 0 bridgehead atoms. The molecule has 1 amide bonds. The van der Waals surface area contributed by atoms with Gasteiger partial charge in [0.15, 0.2) is 0 Å². The number of amides is 1. The molecule has 2 N–H and O–H groups in total. The van der Waals surface area contributed by atoms with Crippen molar-refractivity contribution in [2.24, 2.45) is 0 Å². The highest BCUT2D eigenvalue weighted by atomic mass is 16.5. The van der Waals surface area contributed by atoms with Crippen LogP contribution in [0.4, 0.5) is 0 Å². The first-order chi connectivity index (χ1) is 10.6. The maximum absolute atomic E-state index is 12.1. The van der Waals surface area contributed by atoms with Gasteiger partial charge in [0.05, 0.1) is 13.2 Å². The largest absolute Gasteiger partial charge is 0.477 e. The van der Waals surface area contributed by atoms with Crippen LogP contribution in [0.1, 0.15) is 29.9 Å². The summed E-state index contributed by atoms with van der Waals surface area (Å²) in [7, 11) is 0. The van der Waals surface area contributed by atoms with Gasteiger partial charge >= 0.3 is 5.97 Å². The van der Waals surface area contributed by atoms with Crippen molar-refractivity contribution in [2.45, 2.75) is 19.4 Å². The van der Waals surface area contributed by atoms with E-state index in [1.165, 1.54) is 16.9 Å². The summed E-state index contributed by atoms with van der Waals surface area (Å²) >= 11 is 0. The maximum Gasteiger partial charge on any atom is 0.354 e. The predicted molar refractivity (Wildman–Crippen MR) is 78.8 cm³/mol. The van der Waals surface area contributed by atoms with Gasteiger partial charge in [0.25, 0.3) is 0 Å². The molecule has 1 aliphatic rings.